The van der Waals surface area contributed by atoms with E-state index >= 15 is 0 Å². The van der Waals surface area contributed by atoms with E-state index in [4.69, 9.17) is 21.4 Å². The number of aliphatic carboxylic acids is 1. The summed E-state index contributed by atoms with van der Waals surface area (Å²) in [5, 5.41) is 8.92. The van der Waals surface area contributed by atoms with Crippen molar-refractivity contribution in [3.63, 3.8) is 0 Å². The highest BCUT2D eigenvalue weighted by Gasteiger charge is 2.17. The van der Waals surface area contributed by atoms with Crippen molar-refractivity contribution in [2.24, 2.45) is 0 Å². The Morgan fingerprint density at radius 2 is 1.80 bits per heavy atom. The van der Waals surface area contributed by atoms with Gasteiger partial charge in [-0.05, 0) is 20.8 Å². The van der Waals surface area contributed by atoms with E-state index in [9.17, 15) is 14.4 Å². The first-order valence-corrected chi connectivity index (χ1v) is 6.21. The molecule has 0 aromatic rings. The maximum atomic E-state index is 11.5. The molecule has 0 aliphatic heterocycles. The Morgan fingerprint density at radius 3 is 2.25 bits per heavy atom. The van der Waals surface area contributed by atoms with E-state index in [-0.39, 0.29) is 24.7 Å². The van der Waals surface area contributed by atoms with Crippen molar-refractivity contribution in [2.45, 2.75) is 32.8 Å². The zero-order valence-corrected chi connectivity index (χ0v) is 12.2. The van der Waals surface area contributed by atoms with E-state index in [2.05, 4.69) is 9.47 Å². The van der Waals surface area contributed by atoms with Crippen LogP contribution >= 0.6 is 11.6 Å². The highest BCUT2D eigenvalue weighted by atomic mass is 35.5. The van der Waals surface area contributed by atoms with Gasteiger partial charge in [0.05, 0.1) is 6.61 Å². The standard InChI is InChI=1S/C12H17ClO7/c1-12(2,3)20-9(14)6-8(10(15)16)4-5-18-11(17)19-7-13/h6H,4-5,7H2,1-3H3,(H,15,16)/b8-6+. The molecule has 0 unspecified atom stereocenters. The minimum atomic E-state index is -1.30. The van der Waals surface area contributed by atoms with Gasteiger partial charge in [0, 0.05) is 18.1 Å². The number of rotatable bonds is 6. The Morgan fingerprint density at radius 1 is 1.20 bits per heavy atom. The van der Waals surface area contributed by atoms with Gasteiger partial charge in [-0.25, -0.2) is 14.4 Å². The molecule has 0 aromatic carbocycles. The van der Waals surface area contributed by atoms with Crippen molar-refractivity contribution in [1.82, 2.24) is 0 Å². The normalized spacial score (nSPS) is 11.7. The Kier molecular flexibility index (Phi) is 7.68. The van der Waals surface area contributed by atoms with Gasteiger partial charge in [-0.3, -0.25) is 0 Å². The molecule has 0 amide bonds. The molecule has 114 valence electrons. The number of esters is 1. The average molecular weight is 309 g/mol. The number of halogens is 1. The van der Waals surface area contributed by atoms with Gasteiger partial charge in [-0.2, -0.15) is 0 Å². The van der Waals surface area contributed by atoms with Gasteiger partial charge in [0.25, 0.3) is 0 Å². The summed E-state index contributed by atoms with van der Waals surface area (Å²) in [6.07, 6.45) is -0.322. The number of carboxylic acid groups (broad SMARTS) is 1. The zero-order chi connectivity index (χ0) is 15.8. The molecule has 0 atom stereocenters. The van der Waals surface area contributed by atoms with Crippen LogP contribution in [0.2, 0.25) is 0 Å². The van der Waals surface area contributed by atoms with Crippen LogP contribution in [0.15, 0.2) is 11.6 Å². The van der Waals surface area contributed by atoms with Gasteiger partial charge in [0.15, 0.2) is 6.07 Å². The monoisotopic (exact) mass is 308 g/mol. The van der Waals surface area contributed by atoms with E-state index in [1.54, 1.807) is 20.8 Å². The first-order chi connectivity index (χ1) is 9.15. The summed E-state index contributed by atoms with van der Waals surface area (Å²) in [4.78, 5) is 33.2. The second kappa shape index (κ2) is 8.42. The van der Waals surface area contributed by atoms with Gasteiger partial charge < -0.3 is 19.3 Å². The highest BCUT2D eigenvalue weighted by molar-refractivity contribution is 6.17. The SMILES string of the molecule is CC(C)(C)OC(=O)/C=C(\CCOC(=O)OCCl)C(=O)O. The number of carbonyl (C=O) groups is 3. The Bertz CT molecular complexity index is 395. The van der Waals surface area contributed by atoms with Gasteiger partial charge >= 0.3 is 18.1 Å². The van der Waals surface area contributed by atoms with Crippen molar-refractivity contribution in [1.29, 1.82) is 0 Å². The zero-order valence-electron chi connectivity index (χ0n) is 11.5. The van der Waals surface area contributed by atoms with Crippen LogP contribution in [0.4, 0.5) is 4.79 Å². The predicted molar refractivity (Wildman–Crippen MR) is 69.3 cm³/mol. The molecular formula is C12H17ClO7. The van der Waals surface area contributed by atoms with Crippen LogP contribution in [-0.4, -0.2) is 41.5 Å². The third-order valence-corrected chi connectivity index (χ3v) is 1.85. The Balaban J connectivity index is 4.47. The van der Waals surface area contributed by atoms with Crippen LogP contribution in [0.5, 0.6) is 0 Å². The van der Waals surface area contributed by atoms with Crippen molar-refractivity contribution in [3.05, 3.63) is 11.6 Å². The first kappa shape index (κ1) is 18.2. The lowest BCUT2D eigenvalue weighted by Crippen LogP contribution is -2.23. The molecule has 0 radical (unpaired) electrons. The van der Waals surface area contributed by atoms with E-state index in [1.807, 2.05) is 0 Å². The second-order valence-electron chi connectivity index (χ2n) is 4.61. The smallest absolute Gasteiger partial charge is 0.478 e. The van der Waals surface area contributed by atoms with Crippen molar-refractivity contribution < 1.29 is 33.7 Å². The maximum Gasteiger partial charge on any atom is 0.509 e. The lowest BCUT2D eigenvalue weighted by molar-refractivity contribution is -0.149. The summed E-state index contributed by atoms with van der Waals surface area (Å²) >= 11 is 5.13. The fraction of sp³-hybridized carbons (Fsp3) is 0.583. The second-order valence-corrected chi connectivity index (χ2v) is 4.83. The van der Waals surface area contributed by atoms with Crippen LogP contribution in [0.25, 0.3) is 0 Å². The lowest BCUT2D eigenvalue weighted by Gasteiger charge is -2.18. The number of carbonyl (C=O) groups excluding carboxylic acids is 2. The summed E-state index contributed by atoms with van der Waals surface area (Å²) in [6, 6.07) is -0.363. The fourth-order valence-corrected chi connectivity index (χ4v) is 1.13. The van der Waals surface area contributed by atoms with Crippen LogP contribution in [-0.2, 0) is 23.8 Å². The van der Waals surface area contributed by atoms with Crippen molar-refractivity contribution in [2.75, 3.05) is 12.7 Å². The molecule has 1 N–H and O–H groups in total. The number of alkyl halides is 1. The number of hydrogen-bond donors (Lipinski definition) is 1. The van der Waals surface area contributed by atoms with Gasteiger partial charge in [-0.15, -0.1) is 0 Å². The van der Waals surface area contributed by atoms with Gasteiger partial charge in [0.2, 0.25) is 0 Å². The minimum absolute atomic E-state index is 0.161. The quantitative estimate of drug-likeness (QED) is 0.455. The summed E-state index contributed by atoms with van der Waals surface area (Å²) in [6.45, 7) is 4.72. The first-order valence-electron chi connectivity index (χ1n) is 5.68. The number of hydrogen-bond acceptors (Lipinski definition) is 6. The summed E-state index contributed by atoms with van der Waals surface area (Å²) in [5.74, 6) is -2.08. The van der Waals surface area contributed by atoms with Crippen LogP contribution in [0.1, 0.15) is 27.2 Å². The molecule has 20 heavy (non-hydrogen) atoms. The van der Waals surface area contributed by atoms with Gasteiger partial charge in [-0.1, -0.05) is 11.6 Å². The van der Waals surface area contributed by atoms with E-state index in [0.717, 1.165) is 6.08 Å². The fourth-order valence-electron chi connectivity index (χ4n) is 1.04. The molecule has 7 nitrogen and oxygen atoms in total. The molecule has 0 rings (SSSR count). The molecule has 0 spiro atoms. The summed E-state index contributed by atoms with van der Waals surface area (Å²) in [7, 11) is 0. The van der Waals surface area contributed by atoms with Crippen molar-refractivity contribution >= 4 is 29.7 Å². The summed E-state index contributed by atoms with van der Waals surface area (Å²) < 4.78 is 13.8. The van der Waals surface area contributed by atoms with Crippen LogP contribution in [0.3, 0.4) is 0 Å². The maximum absolute atomic E-state index is 11.5. The third kappa shape index (κ3) is 9.21. The molecule has 0 saturated heterocycles. The van der Waals surface area contributed by atoms with Crippen LogP contribution < -0.4 is 0 Å². The average Bonchev–Trinajstić information content (AvgIpc) is 2.25. The molecule has 0 bridgehead atoms. The van der Waals surface area contributed by atoms with Crippen molar-refractivity contribution in [3.8, 4) is 0 Å². The highest BCUT2D eigenvalue weighted by Crippen LogP contribution is 2.10. The van der Waals surface area contributed by atoms with E-state index in [1.165, 1.54) is 0 Å². The van der Waals surface area contributed by atoms with E-state index in [0.29, 0.717) is 0 Å². The number of carboxylic acids is 1. The molecule has 0 saturated carbocycles. The molecule has 0 aromatic heterocycles. The lowest BCUT2D eigenvalue weighted by atomic mass is 10.1. The Labute approximate surface area is 121 Å². The number of ether oxygens (including phenoxy) is 3. The van der Waals surface area contributed by atoms with E-state index < -0.39 is 23.7 Å². The molecule has 0 heterocycles. The van der Waals surface area contributed by atoms with Gasteiger partial charge in [0.1, 0.15) is 5.60 Å². The topological polar surface area (TPSA) is 99.1 Å². The Hall–Kier alpha value is -1.76. The predicted octanol–water partition coefficient (Wildman–Crippen LogP) is 2.08. The third-order valence-electron chi connectivity index (χ3n) is 1.74. The molecule has 0 aliphatic carbocycles. The summed E-state index contributed by atoms with van der Waals surface area (Å²) in [5.41, 5.74) is -0.962. The molecule has 0 fully saturated rings. The minimum Gasteiger partial charge on any atom is -0.478 e. The van der Waals surface area contributed by atoms with Crippen LogP contribution in [0, 0.1) is 0 Å². The molecule has 0 aliphatic rings. The largest absolute Gasteiger partial charge is 0.509 e. The molecular weight excluding hydrogens is 292 g/mol. The molecule has 8 heteroatoms.